The highest BCUT2D eigenvalue weighted by Gasteiger charge is 2.10. The molecule has 0 fully saturated rings. The zero-order valence-corrected chi connectivity index (χ0v) is 11.5. The van der Waals surface area contributed by atoms with Gasteiger partial charge in [-0.1, -0.05) is 42.5 Å². The fourth-order valence-corrected chi connectivity index (χ4v) is 2.42. The minimum absolute atomic E-state index is 1.04. The van der Waals surface area contributed by atoms with Gasteiger partial charge in [0, 0.05) is 24.3 Å². The van der Waals surface area contributed by atoms with Crippen LogP contribution in [0.4, 0.5) is 5.69 Å². The van der Waals surface area contributed by atoms with Gasteiger partial charge < -0.3 is 4.90 Å². The predicted octanol–water partition coefficient (Wildman–Crippen LogP) is 4.51. The number of nitrogens with zero attached hydrogens (tertiary/aromatic N) is 1. The summed E-state index contributed by atoms with van der Waals surface area (Å²) in [5.74, 6) is 0. The van der Waals surface area contributed by atoms with E-state index in [0.29, 0.717) is 0 Å². The minimum atomic E-state index is 1.04. The molecule has 18 heavy (non-hydrogen) atoms. The molecule has 0 radical (unpaired) electrons. The molecule has 94 valence electrons. The predicted molar refractivity (Wildman–Crippen MR) is 80.2 cm³/mol. The Bertz CT molecular complexity index is 513. The molecule has 0 spiro atoms. The third kappa shape index (κ3) is 2.40. The van der Waals surface area contributed by atoms with Gasteiger partial charge in [-0.15, -0.1) is 0 Å². The molecule has 0 aromatic heterocycles. The second kappa shape index (κ2) is 5.72. The third-order valence-electron chi connectivity index (χ3n) is 3.44. The summed E-state index contributed by atoms with van der Waals surface area (Å²) < 4.78 is 0. The fraction of sp³-hybridized carbons (Fsp3) is 0.294. The first kappa shape index (κ1) is 12.7. The molecule has 0 aliphatic rings. The van der Waals surface area contributed by atoms with Crippen LogP contribution in [0.15, 0.2) is 48.5 Å². The largest absolute Gasteiger partial charge is 0.372 e. The van der Waals surface area contributed by atoms with Crippen molar-refractivity contribution < 1.29 is 0 Å². The second-order valence-electron chi connectivity index (χ2n) is 4.50. The van der Waals surface area contributed by atoms with Crippen LogP contribution in [0.1, 0.15) is 19.4 Å². The maximum Gasteiger partial charge on any atom is 0.0445 e. The average Bonchev–Trinajstić information content (AvgIpc) is 2.41. The number of para-hydroxylation sites is 1. The number of anilines is 1. The first-order valence-corrected chi connectivity index (χ1v) is 6.67. The molecule has 2 rings (SSSR count). The van der Waals surface area contributed by atoms with Crippen molar-refractivity contribution in [1.29, 1.82) is 0 Å². The Hall–Kier alpha value is -1.76. The van der Waals surface area contributed by atoms with E-state index < -0.39 is 0 Å². The normalized spacial score (nSPS) is 10.4. The van der Waals surface area contributed by atoms with E-state index in [-0.39, 0.29) is 0 Å². The van der Waals surface area contributed by atoms with Crippen molar-refractivity contribution in [3.05, 3.63) is 54.1 Å². The van der Waals surface area contributed by atoms with Crippen LogP contribution in [-0.2, 0) is 0 Å². The summed E-state index contributed by atoms with van der Waals surface area (Å²) >= 11 is 0. The highest BCUT2D eigenvalue weighted by Crippen LogP contribution is 2.32. The Labute approximate surface area is 110 Å². The molecule has 0 aliphatic carbocycles. The molecule has 2 aromatic rings. The number of aryl methyl sites for hydroxylation is 1. The monoisotopic (exact) mass is 239 g/mol. The van der Waals surface area contributed by atoms with Crippen LogP contribution >= 0.6 is 0 Å². The molecule has 0 saturated carbocycles. The summed E-state index contributed by atoms with van der Waals surface area (Å²) in [5, 5.41) is 0. The van der Waals surface area contributed by atoms with E-state index in [1.165, 1.54) is 22.4 Å². The number of rotatable bonds is 4. The highest BCUT2D eigenvalue weighted by molar-refractivity contribution is 5.80. The molecule has 1 heteroatoms. The summed E-state index contributed by atoms with van der Waals surface area (Å²) in [5.41, 5.74) is 5.33. The van der Waals surface area contributed by atoms with Crippen molar-refractivity contribution in [1.82, 2.24) is 0 Å². The SMILES string of the molecule is CCN(CC)c1ccccc1-c1ccccc1C. The Morgan fingerprint density at radius 1 is 0.778 bits per heavy atom. The number of hydrogen-bond acceptors (Lipinski definition) is 1. The van der Waals surface area contributed by atoms with Gasteiger partial charge in [0.2, 0.25) is 0 Å². The van der Waals surface area contributed by atoms with Crippen molar-refractivity contribution >= 4 is 5.69 Å². The molecule has 0 amide bonds. The lowest BCUT2D eigenvalue weighted by molar-refractivity contribution is 0.867. The van der Waals surface area contributed by atoms with Gasteiger partial charge >= 0.3 is 0 Å². The molecule has 1 nitrogen and oxygen atoms in total. The number of hydrogen-bond donors (Lipinski definition) is 0. The molecule has 0 aliphatic heterocycles. The van der Waals surface area contributed by atoms with Crippen LogP contribution < -0.4 is 4.90 Å². The van der Waals surface area contributed by atoms with Crippen molar-refractivity contribution in [2.24, 2.45) is 0 Å². The van der Waals surface area contributed by atoms with Crippen molar-refractivity contribution in [3.63, 3.8) is 0 Å². The minimum Gasteiger partial charge on any atom is -0.372 e. The van der Waals surface area contributed by atoms with E-state index in [4.69, 9.17) is 0 Å². The van der Waals surface area contributed by atoms with Gasteiger partial charge in [-0.2, -0.15) is 0 Å². The van der Waals surface area contributed by atoms with Crippen molar-refractivity contribution in [2.45, 2.75) is 20.8 Å². The summed E-state index contributed by atoms with van der Waals surface area (Å²) in [6, 6.07) is 17.3. The zero-order valence-electron chi connectivity index (χ0n) is 11.5. The summed E-state index contributed by atoms with van der Waals surface area (Å²) in [6.07, 6.45) is 0. The van der Waals surface area contributed by atoms with Gasteiger partial charge in [-0.25, -0.2) is 0 Å². The standard InChI is InChI=1S/C17H21N/c1-4-18(5-2)17-13-9-8-12-16(17)15-11-7-6-10-14(15)3/h6-13H,4-5H2,1-3H3. The van der Waals surface area contributed by atoms with Gasteiger partial charge in [0.25, 0.3) is 0 Å². The molecule has 0 N–H and O–H groups in total. The molecule has 0 unspecified atom stereocenters. The molecule has 2 aromatic carbocycles. The van der Waals surface area contributed by atoms with E-state index in [1.54, 1.807) is 0 Å². The quantitative estimate of drug-likeness (QED) is 0.759. The van der Waals surface area contributed by atoms with Gasteiger partial charge in [0.05, 0.1) is 0 Å². The molecular weight excluding hydrogens is 218 g/mol. The Morgan fingerprint density at radius 3 is 1.94 bits per heavy atom. The summed E-state index contributed by atoms with van der Waals surface area (Å²) in [6.45, 7) is 8.67. The Morgan fingerprint density at radius 2 is 1.33 bits per heavy atom. The summed E-state index contributed by atoms with van der Waals surface area (Å²) in [7, 11) is 0. The van der Waals surface area contributed by atoms with Gasteiger partial charge in [-0.3, -0.25) is 0 Å². The Balaban J connectivity index is 2.55. The van der Waals surface area contributed by atoms with Crippen molar-refractivity contribution in [3.8, 4) is 11.1 Å². The van der Waals surface area contributed by atoms with Crippen LogP contribution in [0.5, 0.6) is 0 Å². The lowest BCUT2D eigenvalue weighted by Crippen LogP contribution is -2.22. The van der Waals surface area contributed by atoms with Crippen LogP contribution in [-0.4, -0.2) is 13.1 Å². The van der Waals surface area contributed by atoms with E-state index in [0.717, 1.165) is 13.1 Å². The van der Waals surface area contributed by atoms with Crippen molar-refractivity contribution in [2.75, 3.05) is 18.0 Å². The van der Waals surface area contributed by atoms with Crippen LogP contribution in [0.3, 0.4) is 0 Å². The fourth-order valence-electron chi connectivity index (χ4n) is 2.42. The lowest BCUT2D eigenvalue weighted by Gasteiger charge is -2.24. The first-order valence-electron chi connectivity index (χ1n) is 6.67. The molecule has 0 heterocycles. The highest BCUT2D eigenvalue weighted by atomic mass is 15.1. The third-order valence-corrected chi connectivity index (χ3v) is 3.44. The smallest absolute Gasteiger partial charge is 0.0445 e. The average molecular weight is 239 g/mol. The zero-order chi connectivity index (χ0) is 13.0. The second-order valence-corrected chi connectivity index (χ2v) is 4.50. The van der Waals surface area contributed by atoms with Crippen LogP contribution in [0.25, 0.3) is 11.1 Å². The van der Waals surface area contributed by atoms with Gasteiger partial charge in [0.1, 0.15) is 0 Å². The van der Waals surface area contributed by atoms with Gasteiger partial charge in [0.15, 0.2) is 0 Å². The molecular formula is C17H21N. The summed E-state index contributed by atoms with van der Waals surface area (Å²) in [4.78, 5) is 2.40. The molecule has 0 atom stereocenters. The van der Waals surface area contributed by atoms with E-state index in [9.17, 15) is 0 Å². The maximum absolute atomic E-state index is 2.40. The number of benzene rings is 2. The van der Waals surface area contributed by atoms with Gasteiger partial charge in [-0.05, 0) is 38.0 Å². The Kier molecular flexibility index (Phi) is 4.03. The lowest BCUT2D eigenvalue weighted by atomic mass is 9.98. The van der Waals surface area contributed by atoms with E-state index in [1.807, 2.05) is 0 Å². The molecule has 0 bridgehead atoms. The van der Waals surface area contributed by atoms with E-state index >= 15 is 0 Å². The topological polar surface area (TPSA) is 3.24 Å². The van der Waals surface area contributed by atoms with E-state index in [2.05, 4.69) is 74.2 Å². The van der Waals surface area contributed by atoms with Crippen LogP contribution in [0.2, 0.25) is 0 Å². The molecule has 0 saturated heterocycles. The van der Waals surface area contributed by atoms with Crippen LogP contribution in [0, 0.1) is 6.92 Å². The first-order chi connectivity index (χ1) is 8.77. The maximum atomic E-state index is 2.40.